The Kier molecular flexibility index (Phi) is 5.05. The number of primary amides is 1. The molecule has 0 bridgehead atoms. The zero-order chi connectivity index (χ0) is 11.3. The number of nitrogens with two attached hydrogens (primary N) is 2. The lowest BCUT2D eigenvalue weighted by Crippen LogP contribution is -2.41. The number of rotatable bonds is 6. The van der Waals surface area contributed by atoms with E-state index in [1.807, 2.05) is 0 Å². The van der Waals surface area contributed by atoms with E-state index in [9.17, 15) is 4.79 Å². The quantitative estimate of drug-likeness (QED) is 0.673. The third-order valence-corrected chi connectivity index (χ3v) is 3.34. The molecule has 1 saturated carbocycles. The van der Waals surface area contributed by atoms with Crippen LogP contribution in [0.4, 0.5) is 0 Å². The van der Waals surface area contributed by atoms with Crippen LogP contribution in [0.25, 0.3) is 0 Å². The van der Waals surface area contributed by atoms with Crippen molar-refractivity contribution in [1.82, 2.24) is 4.90 Å². The van der Waals surface area contributed by atoms with Gasteiger partial charge in [0.1, 0.15) is 0 Å². The summed E-state index contributed by atoms with van der Waals surface area (Å²) in [7, 11) is 0. The maximum Gasteiger partial charge on any atom is 0.234 e. The van der Waals surface area contributed by atoms with Gasteiger partial charge in [0.05, 0.1) is 6.04 Å². The van der Waals surface area contributed by atoms with Crippen LogP contribution in [0, 0.1) is 0 Å². The van der Waals surface area contributed by atoms with E-state index < -0.39 is 11.9 Å². The van der Waals surface area contributed by atoms with Crippen molar-refractivity contribution in [2.45, 2.75) is 51.1 Å². The summed E-state index contributed by atoms with van der Waals surface area (Å²) in [5.41, 5.74) is 10.8. The van der Waals surface area contributed by atoms with E-state index in [4.69, 9.17) is 11.5 Å². The van der Waals surface area contributed by atoms with Crippen LogP contribution in [-0.2, 0) is 4.79 Å². The van der Waals surface area contributed by atoms with Gasteiger partial charge in [0.25, 0.3) is 0 Å². The summed E-state index contributed by atoms with van der Waals surface area (Å²) in [6.45, 7) is 4.09. The van der Waals surface area contributed by atoms with Crippen LogP contribution < -0.4 is 11.5 Å². The molecule has 0 heterocycles. The Hall–Kier alpha value is -0.610. The predicted octanol–water partition coefficient (Wildman–Crippen LogP) is 0.454. The SMILES string of the molecule is CCN(CCC(N)C(N)=O)C1CCCC1. The molecule has 1 atom stereocenters. The average Bonchev–Trinajstić information content (AvgIpc) is 2.71. The highest BCUT2D eigenvalue weighted by molar-refractivity contribution is 5.79. The lowest BCUT2D eigenvalue weighted by molar-refractivity contribution is -0.119. The van der Waals surface area contributed by atoms with Crippen LogP contribution in [0.2, 0.25) is 0 Å². The molecule has 0 spiro atoms. The second kappa shape index (κ2) is 6.08. The van der Waals surface area contributed by atoms with E-state index in [-0.39, 0.29) is 0 Å². The second-order valence-electron chi connectivity index (χ2n) is 4.36. The third-order valence-electron chi connectivity index (χ3n) is 3.34. The molecule has 0 saturated heterocycles. The normalized spacial score (nSPS) is 19.7. The Morgan fingerprint density at radius 2 is 2.07 bits per heavy atom. The van der Waals surface area contributed by atoms with Crippen LogP contribution in [0.15, 0.2) is 0 Å². The van der Waals surface area contributed by atoms with Gasteiger partial charge in [-0.15, -0.1) is 0 Å². The van der Waals surface area contributed by atoms with Crippen molar-refractivity contribution < 1.29 is 4.79 Å². The van der Waals surface area contributed by atoms with Crippen LogP contribution in [0.1, 0.15) is 39.0 Å². The summed E-state index contributed by atoms with van der Waals surface area (Å²) in [4.78, 5) is 13.2. The largest absolute Gasteiger partial charge is 0.368 e. The average molecular weight is 213 g/mol. The van der Waals surface area contributed by atoms with Crippen LogP contribution in [0.5, 0.6) is 0 Å². The molecular weight excluding hydrogens is 190 g/mol. The second-order valence-corrected chi connectivity index (χ2v) is 4.36. The molecule has 4 heteroatoms. The molecule has 1 amide bonds. The highest BCUT2D eigenvalue weighted by Crippen LogP contribution is 2.23. The standard InChI is InChI=1S/C11H23N3O/c1-2-14(9-5-3-4-6-9)8-7-10(12)11(13)15/h9-10H,2-8,12H2,1H3,(H2,13,15). The van der Waals surface area contributed by atoms with Gasteiger partial charge in [-0.25, -0.2) is 0 Å². The molecule has 4 nitrogen and oxygen atoms in total. The van der Waals surface area contributed by atoms with Gasteiger partial charge in [-0.2, -0.15) is 0 Å². The number of hydrogen-bond acceptors (Lipinski definition) is 3. The monoisotopic (exact) mass is 213 g/mol. The summed E-state index contributed by atoms with van der Waals surface area (Å²) in [6, 6.07) is 0.218. The topological polar surface area (TPSA) is 72.3 Å². The number of nitrogens with zero attached hydrogens (tertiary/aromatic N) is 1. The van der Waals surface area contributed by atoms with E-state index in [2.05, 4.69) is 11.8 Å². The number of carbonyl (C=O) groups excluding carboxylic acids is 1. The molecule has 1 aliphatic rings. The highest BCUT2D eigenvalue weighted by Gasteiger charge is 2.22. The lowest BCUT2D eigenvalue weighted by Gasteiger charge is -2.27. The first-order chi connectivity index (χ1) is 7.15. The molecule has 1 rings (SSSR count). The highest BCUT2D eigenvalue weighted by atomic mass is 16.1. The summed E-state index contributed by atoms with van der Waals surface area (Å²) >= 11 is 0. The summed E-state index contributed by atoms with van der Waals surface area (Å²) in [6.07, 6.45) is 5.94. The zero-order valence-corrected chi connectivity index (χ0v) is 9.61. The fourth-order valence-corrected chi connectivity index (χ4v) is 2.32. The minimum atomic E-state index is -0.486. The molecule has 1 unspecified atom stereocenters. The summed E-state index contributed by atoms with van der Waals surface area (Å²) in [5, 5.41) is 0. The molecule has 0 aromatic rings. The number of carbonyl (C=O) groups is 1. The first-order valence-corrected chi connectivity index (χ1v) is 5.94. The summed E-state index contributed by atoms with van der Waals surface area (Å²) < 4.78 is 0. The molecule has 1 aliphatic carbocycles. The van der Waals surface area contributed by atoms with Crippen LogP contribution >= 0.6 is 0 Å². The van der Waals surface area contributed by atoms with Gasteiger partial charge in [0, 0.05) is 12.6 Å². The van der Waals surface area contributed by atoms with Crippen molar-refractivity contribution in [3.8, 4) is 0 Å². The van der Waals surface area contributed by atoms with Crippen molar-refractivity contribution in [1.29, 1.82) is 0 Å². The van der Waals surface area contributed by atoms with Gasteiger partial charge in [-0.05, 0) is 25.8 Å². The van der Waals surface area contributed by atoms with Crippen molar-refractivity contribution in [3.63, 3.8) is 0 Å². The van der Waals surface area contributed by atoms with Crippen molar-refractivity contribution in [3.05, 3.63) is 0 Å². The van der Waals surface area contributed by atoms with Crippen LogP contribution in [-0.4, -0.2) is 36.0 Å². The van der Waals surface area contributed by atoms with Crippen molar-refractivity contribution in [2.24, 2.45) is 11.5 Å². The smallest absolute Gasteiger partial charge is 0.234 e. The van der Waals surface area contributed by atoms with Gasteiger partial charge >= 0.3 is 0 Å². The van der Waals surface area contributed by atoms with Gasteiger partial charge in [-0.3, -0.25) is 4.79 Å². The number of hydrogen-bond donors (Lipinski definition) is 2. The Bertz CT molecular complexity index is 202. The fraction of sp³-hybridized carbons (Fsp3) is 0.909. The van der Waals surface area contributed by atoms with E-state index in [0.717, 1.165) is 13.1 Å². The first-order valence-electron chi connectivity index (χ1n) is 5.94. The van der Waals surface area contributed by atoms with E-state index in [1.54, 1.807) is 0 Å². The fourth-order valence-electron chi connectivity index (χ4n) is 2.32. The lowest BCUT2D eigenvalue weighted by atomic mass is 10.1. The molecule has 88 valence electrons. The van der Waals surface area contributed by atoms with Gasteiger partial charge in [0.15, 0.2) is 0 Å². The molecule has 0 aromatic carbocycles. The van der Waals surface area contributed by atoms with Gasteiger partial charge in [0.2, 0.25) is 5.91 Å². The van der Waals surface area contributed by atoms with E-state index in [0.29, 0.717) is 12.5 Å². The van der Waals surface area contributed by atoms with Crippen molar-refractivity contribution in [2.75, 3.05) is 13.1 Å². The first kappa shape index (κ1) is 12.5. The van der Waals surface area contributed by atoms with Crippen LogP contribution in [0.3, 0.4) is 0 Å². The maximum atomic E-state index is 10.8. The molecule has 1 fully saturated rings. The van der Waals surface area contributed by atoms with Gasteiger partial charge < -0.3 is 16.4 Å². The van der Waals surface area contributed by atoms with E-state index in [1.165, 1.54) is 25.7 Å². The minimum absolute atomic E-state index is 0.391. The molecule has 0 aliphatic heterocycles. The molecule has 0 radical (unpaired) electrons. The predicted molar refractivity (Wildman–Crippen MR) is 61.3 cm³/mol. The maximum absolute atomic E-state index is 10.8. The molecule has 15 heavy (non-hydrogen) atoms. The Morgan fingerprint density at radius 1 is 1.47 bits per heavy atom. The van der Waals surface area contributed by atoms with Gasteiger partial charge in [-0.1, -0.05) is 19.8 Å². The molecule has 0 aromatic heterocycles. The Balaban J connectivity index is 2.30. The third kappa shape index (κ3) is 3.80. The molecule has 4 N–H and O–H groups in total. The van der Waals surface area contributed by atoms with E-state index >= 15 is 0 Å². The number of amides is 1. The Morgan fingerprint density at radius 3 is 2.53 bits per heavy atom. The minimum Gasteiger partial charge on any atom is -0.368 e. The molecular formula is C11H23N3O. The Labute approximate surface area is 92.0 Å². The van der Waals surface area contributed by atoms with Crippen molar-refractivity contribution >= 4 is 5.91 Å². The zero-order valence-electron chi connectivity index (χ0n) is 9.61. The summed E-state index contributed by atoms with van der Waals surface area (Å²) in [5.74, 6) is -0.391.